The first-order chi connectivity index (χ1) is 5.25. The number of rotatable bonds is 2. The smallest absolute Gasteiger partial charge is 0.275 e. The summed E-state index contributed by atoms with van der Waals surface area (Å²) in [5, 5.41) is 9.50. The Morgan fingerprint density at radius 3 is 2.82 bits per heavy atom. The standard InChI is InChI=1S/C6H9N3O2/c1-3-7-6(10)5-4(2)8-11-9-5/h3H2,1-2H3,(H,7,10). The largest absolute Gasteiger partial charge is 0.351 e. The van der Waals surface area contributed by atoms with E-state index in [9.17, 15) is 4.79 Å². The topological polar surface area (TPSA) is 68.0 Å². The summed E-state index contributed by atoms with van der Waals surface area (Å²) in [4.78, 5) is 11.1. The van der Waals surface area contributed by atoms with Crippen LogP contribution in [0.5, 0.6) is 0 Å². The molecule has 0 radical (unpaired) electrons. The molecule has 0 saturated carbocycles. The molecule has 0 fully saturated rings. The van der Waals surface area contributed by atoms with Crippen molar-refractivity contribution in [1.29, 1.82) is 0 Å². The highest BCUT2D eigenvalue weighted by Crippen LogP contribution is 1.98. The van der Waals surface area contributed by atoms with Crippen molar-refractivity contribution in [3.05, 3.63) is 11.4 Å². The van der Waals surface area contributed by atoms with Crippen molar-refractivity contribution in [3.63, 3.8) is 0 Å². The van der Waals surface area contributed by atoms with Crippen molar-refractivity contribution in [1.82, 2.24) is 15.6 Å². The lowest BCUT2D eigenvalue weighted by Crippen LogP contribution is -2.23. The highest BCUT2D eigenvalue weighted by atomic mass is 16.6. The second-order valence-electron chi connectivity index (χ2n) is 2.06. The molecule has 0 aliphatic carbocycles. The van der Waals surface area contributed by atoms with Crippen LogP contribution < -0.4 is 5.32 Å². The Bertz CT molecular complexity index is 256. The maximum atomic E-state index is 11.1. The Balaban J connectivity index is 2.76. The minimum Gasteiger partial charge on any atom is -0.351 e. The van der Waals surface area contributed by atoms with Gasteiger partial charge in [0, 0.05) is 6.54 Å². The summed E-state index contributed by atoms with van der Waals surface area (Å²) in [6, 6.07) is 0. The fourth-order valence-corrected chi connectivity index (χ4v) is 0.682. The summed E-state index contributed by atoms with van der Waals surface area (Å²) in [5.74, 6) is -0.244. The predicted molar refractivity (Wildman–Crippen MR) is 37.0 cm³/mol. The maximum absolute atomic E-state index is 11.1. The zero-order chi connectivity index (χ0) is 8.27. The average Bonchev–Trinajstić information content (AvgIpc) is 2.36. The van der Waals surface area contributed by atoms with Crippen molar-refractivity contribution in [2.45, 2.75) is 13.8 Å². The minimum absolute atomic E-state index is 0.244. The highest BCUT2D eigenvalue weighted by molar-refractivity contribution is 5.92. The second kappa shape index (κ2) is 3.14. The van der Waals surface area contributed by atoms with Gasteiger partial charge in [0.2, 0.25) is 0 Å². The normalized spacial score (nSPS) is 9.64. The molecule has 11 heavy (non-hydrogen) atoms. The van der Waals surface area contributed by atoms with Crippen LogP contribution in [0, 0.1) is 6.92 Å². The van der Waals surface area contributed by atoms with Crippen LogP contribution in [0.4, 0.5) is 0 Å². The molecule has 1 aromatic heterocycles. The summed E-state index contributed by atoms with van der Waals surface area (Å²) >= 11 is 0. The zero-order valence-electron chi connectivity index (χ0n) is 6.42. The summed E-state index contributed by atoms with van der Waals surface area (Å²) in [7, 11) is 0. The van der Waals surface area contributed by atoms with E-state index in [4.69, 9.17) is 0 Å². The van der Waals surface area contributed by atoms with E-state index in [1.165, 1.54) is 0 Å². The van der Waals surface area contributed by atoms with Crippen molar-refractivity contribution in [2.75, 3.05) is 6.54 Å². The van der Waals surface area contributed by atoms with Gasteiger partial charge in [0.1, 0.15) is 5.69 Å². The quantitative estimate of drug-likeness (QED) is 0.659. The van der Waals surface area contributed by atoms with Gasteiger partial charge in [-0.25, -0.2) is 4.63 Å². The van der Waals surface area contributed by atoms with Crippen LogP contribution in [0.25, 0.3) is 0 Å². The first-order valence-corrected chi connectivity index (χ1v) is 3.33. The number of nitrogens with one attached hydrogen (secondary N) is 1. The van der Waals surface area contributed by atoms with Crippen LogP contribution >= 0.6 is 0 Å². The summed E-state index contributed by atoms with van der Waals surface area (Å²) in [5.41, 5.74) is 0.766. The molecular weight excluding hydrogens is 146 g/mol. The molecule has 5 nitrogen and oxygen atoms in total. The Labute approximate surface area is 63.7 Å². The number of carbonyl (C=O) groups excluding carboxylic acids is 1. The molecule has 0 aromatic carbocycles. The second-order valence-corrected chi connectivity index (χ2v) is 2.06. The molecule has 0 aliphatic rings. The van der Waals surface area contributed by atoms with Gasteiger partial charge in [0.15, 0.2) is 5.69 Å². The monoisotopic (exact) mass is 155 g/mol. The van der Waals surface area contributed by atoms with Crippen molar-refractivity contribution < 1.29 is 9.42 Å². The molecule has 0 aliphatic heterocycles. The lowest BCUT2D eigenvalue weighted by molar-refractivity contribution is 0.0945. The summed E-state index contributed by atoms with van der Waals surface area (Å²) < 4.78 is 4.35. The number of hydrogen-bond acceptors (Lipinski definition) is 4. The van der Waals surface area contributed by atoms with E-state index in [-0.39, 0.29) is 11.6 Å². The van der Waals surface area contributed by atoms with Gasteiger partial charge in [-0.1, -0.05) is 5.16 Å². The fourth-order valence-electron chi connectivity index (χ4n) is 0.682. The maximum Gasteiger partial charge on any atom is 0.275 e. The van der Waals surface area contributed by atoms with E-state index in [2.05, 4.69) is 20.3 Å². The molecule has 1 aromatic rings. The van der Waals surface area contributed by atoms with E-state index < -0.39 is 0 Å². The first kappa shape index (κ1) is 7.71. The molecular formula is C6H9N3O2. The van der Waals surface area contributed by atoms with Gasteiger partial charge >= 0.3 is 0 Å². The molecule has 1 N–H and O–H groups in total. The Kier molecular flexibility index (Phi) is 2.20. The molecule has 0 bridgehead atoms. The van der Waals surface area contributed by atoms with E-state index in [1.54, 1.807) is 6.92 Å². The van der Waals surface area contributed by atoms with Crippen LogP contribution in [-0.2, 0) is 0 Å². The van der Waals surface area contributed by atoms with Gasteiger partial charge in [-0.05, 0) is 19.0 Å². The SMILES string of the molecule is CCNC(=O)c1nonc1C. The lowest BCUT2D eigenvalue weighted by atomic mass is 10.3. The van der Waals surface area contributed by atoms with E-state index in [0.717, 1.165) is 0 Å². The van der Waals surface area contributed by atoms with Gasteiger partial charge in [-0.15, -0.1) is 0 Å². The number of aryl methyl sites for hydroxylation is 1. The van der Waals surface area contributed by atoms with Gasteiger partial charge < -0.3 is 5.32 Å². The van der Waals surface area contributed by atoms with Gasteiger partial charge in [-0.2, -0.15) is 0 Å². The van der Waals surface area contributed by atoms with Crippen LogP contribution in [0.15, 0.2) is 4.63 Å². The molecule has 0 unspecified atom stereocenters. The lowest BCUT2D eigenvalue weighted by Gasteiger charge is -1.95. The summed E-state index contributed by atoms with van der Waals surface area (Å²) in [6.07, 6.45) is 0. The molecule has 1 amide bonds. The molecule has 0 atom stereocenters. The minimum atomic E-state index is -0.244. The Morgan fingerprint density at radius 1 is 1.64 bits per heavy atom. The van der Waals surface area contributed by atoms with Gasteiger partial charge in [-0.3, -0.25) is 4.79 Å². The summed E-state index contributed by atoms with van der Waals surface area (Å²) in [6.45, 7) is 4.08. The van der Waals surface area contributed by atoms with E-state index >= 15 is 0 Å². The fraction of sp³-hybridized carbons (Fsp3) is 0.500. The highest BCUT2D eigenvalue weighted by Gasteiger charge is 2.12. The number of amides is 1. The van der Waals surface area contributed by atoms with Crippen LogP contribution in [0.2, 0.25) is 0 Å². The predicted octanol–water partition coefficient (Wildman–Crippen LogP) is 0.128. The number of aromatic nitrogens is 2. The molecule has 0 saturated heterocycles. The van der Waals surface area contributed by atoms with Gasteiger partial charge in [0.05, 0.1) is 0 Å². The number of carbonyl (C=O) groups is 1. The average molecular weight is 155 g/mol. The van der Waals surface area contributed by atoms with Crippen molar-refractivity contribution >= 4 is 5.91 Å². The van der Waals surface area contributed by atoms with Crippen molar-refractivity contribution in [2.24, 2.45) is 0 Å². The van der Waals surface area contributed by atoms with Gasteiger partial charge in [0.25, 0.3) is 5.91 Å². The Hall–Kier alpha value is -1.39. The third-order valence-corrected chi connectivity index (χ3v) is 1.20. The van der Waals surface area contributed by atoms with E-state index in [0.29, 0.717) is 12.2 Å². The molecule has 60 valence electrons. The Morgan fingerprint density at radius 2 is 2.36 bits per heavy atom. The van der Waals surface area contributed by atoms with Crippen LogP contribution in [0.3, 0.4) is 0 Å². The number of nitrogens with zero attached hydrogens (tertiary/aromatic N) is 2. The molecule has 1 rings (SSSR count). The van der Waals surface area contributed by atoms with Crippen LogP contribution in [0.1, 0.15) is 23.1 Å². The van der Waals surface area contributed by atoms with Crippen LogP contribution in [-0.4, -0.2) is 22.8 Å². The van der Waals surface area contributed by atoms with E-state index in [1.807, 2.05) is 6.92 Å². The molecule has 0 spiro atoms. The third kappa shape index (κ3) is 1.54. The van der Waals surface area contributed by atoms with Crippen molar-refractivity contribution in [3.8, 4) is 0 Å². The first-order valence-electron chi connectivity index (χ1n) is 3.33. The zero-order valence-corrected chi connectivity index (χ0v) is 6.42. The number of hydrogen-bond donors (Lipinski definition) is 1. The third-order valence-electron chi connectivity index (χ3n) is 1.20. The molecule has 1 heterocycles. The molecule has 5 heteroatoms.